The molecule has 0 aliphatic carbocycles. The number of rotatable bonds is 5. The van der Waals surface area contributed by atoms with Crippen LogP contribution in [0, 0.1) is 0 Å². The Labute approximate surface area is 142 Å². The average molecular weight is 347 g/mol. The Kier molecular flexibility index (Phi) is 5.64. The molecule has 2 aromatic rings. The van der Waals surface area contributed by atoms with Crippen molar-refractivity contribution < 1.29 is 19.1 Å². The lowest BCUT2D eigenvalue weighted by Crippen LogP contribution is -2.42. The standard InChI is InChI=1S/C16H17N3O4S/c1-3-10-4-6-11(7-5-10)14-18-12(8-24-14)15(21)23-9(2)13(20)19-16(17)22/h4-9H,3H2,1-2H3,(H3,17,19,20,22)/t9-/m1/s1. The molecule has 0 saturated heterocycles. The summed E-state index contributed by atoms with van der Waals surface area (Å²) < 4.78 is 4.97. The number of thiazole rings is 1. The van der Waals surface area contributed by atoms with E-state index in [1.165, 1.54) is 23.8 Å². The first-order chi connectivity index (χ1) is 11.4. The largest absolute Gasteiger partial charge is 0.448 e. The third kappa shape index (κ3) is 4.39. The molecule has 1 aromatic carbocycles. The van der Waals surface area contributed by atoms with E-state index in [2.05, 4.69) is 11.9 Å². The zero-order chi connectivity index (χ0) is 17.7. The number of primary amides is 1. The molecule has 0 radical (unpaired) electrons. The quantitative estimate of drug-likeness (QED) is 0.805. The molecule has 0 saturated carbocycles. The molecular formula is C16H17N3O4S. The zero-order valence-corrected chi connectivity index (χ0v) is 14.1. The molecule has 1 aromatic heterocycles. The van der Waals surface area contributed by atoms with Crippen molar-refractivity contribution in [2.45, 2.75) is 26.4 Å². The fourth-order valence-electron chi connectivity index (χ4n) is 1.88. The fraction of sp³-hybridized carbons (Fsp3) is 0.250. The monoisotopic (exact) mass is 347 g/mol. The van der Waals surface area contributed by atoms with Crippen LogP contribution < -0.4 is 11.1 Å². The van der Waals surface area contributed by atoms with Crippen LogP contribution in [0.4, 0.5) is 4.79 Å². The Hall–Kier alpha value is -2.74. The van der Waals surface area contributed by atoms with Gasteiger partial charge in [-0.15, -0.1) is 11.3 Å². The summed E-state index contributed by atoms with van der Waals surface area (Å²) in [5, 5.41) is 4.09. The van der Waals surface area contributed by atoms with Crippen LogP contribution in [0.15, 0.2) is 29.6 Å². The van der Waals surface area contributed by atoms with Crippen LogP contribution in [0.5, 0.6) is 0 Å². The number of carbonyl (C=O) groups excluding carboxylic acids is 3. The lowest BCUT2D eigenvalue weighted by Gasteiger charge is -2.10. The van der Waals surface area contributed by atoms with E-state index >= 15 is 0 Å². The van der Waals surface area contributed by atoms with Crippen molar-refractivity contribution in [2.24, 2.45) is 5.73 Å². The van der Waals surface area contributed by atoms with E-state index in [0.29, 0.717) is 5.01 Å². The number of imide groups is 1. The van der Waals surface area contributed by atoms with Gasteiger partial charge in [-0.2, -0.15) is 0 Å². The van der Waals surface area contributed by atoms with Gasteiger partial charge in [0.25, 0.3) is 5.91 Å². The van der Waals surface area contributed by atoms with Crippen molar-refractivity contribution in [1.29, 1.82) is 0 Å². The maximum absolute atomic E-state index is 12.0. The van der Waals surface area contributed by atoms with Crippen LogP contribution in [0.25, 0.3) is 10.6 Å². The molecule has 24 heavy (non-hydrogen) atoms. The molecule has 1 atom stereocenters. The van der Waals surface area contributed by atoms with Gasteiger partial charge in [-0.25, -0.2) is 14.6 Å². The molecule has 0 aliphatic heterocycles. The van der Waals surface area contributed by atoms with E-state index < -0.39 is 24.0 Å². The van der Waals surface area contributed by atoms with E-state index in [-0.39, 0.29) is 5.69 Å². The normalized spacial score (nSPS) is 11.6. The number of ether oxygens (including phenoxy) is 1. The van der Waals surface area contributed by atoms with Gasteiger partial charge in [0.15, 0.2) is 11.8 Å². The van der Waals surface area contributed by atoms with Crippen LogP contribution in [0.3, 0.4) is 0 Å². The van der Waals surface area contributed by atoms with Crippen molar-refractivity contribution in [3.8, 4) is 10.6 Å². The number of benzene rings is 1. The maximum Gasteiger partial charge on any atom is 0.358 e. The Bertz CT molecular complexity index is 755. The third-order valence-electron chi connectivity index (χ3n) is 3.22. The number of aryl methyl sites for hydroxylation is 1. The number of amides is 3. The van der Waals surface area contributed by atoms with Crippen LogP contribution in [0.1, 0.15) is 29.9 Å². The van der Waals surface area contributed by atoms with Gasteiger partial charge in [0.05, 0.1) is 0 Å². The average Bonchev–Trinajstić information content (AvgIpc) is 3.04. The summed E-state index contributed by atoms with van der Waals surface area (Å²) in [4.78, 5) is 38.4. The highest BCUT2D eigenvalue weighted by Crippen LogP contribution is 2.24. The lowest BCUT2D eigenvalue weighted by molar-refractivity contribution is -0.127. The molecular weight excluding hydrogens is 330 g/mol. The van der Waals surface area contributed by atoms with Gasteiger partial charge in [-0.3, -0.25) is 10.1 Å². The fourth-order valence-corrected chi connectivity index (χ4v) is 2.68. The molecule has 7 nitrogen and oxygen atoms in total. The maximum atomic E-state index is 12.0. The topological polar surface area (TPSA) is 111 Å². The lowest BCUT2D eigenvalue weighted by atomic mass is 10.1. The van der Waals surface area contributed by atoms with Gasteiger partial charge in [-0.1, -0.05) is 31.2 Å². The minimum absolute atomic E-state index is 0.105. The summed E-state index contributed by atoms with van der Waals surface area (Å²) in [6.45, 7) is 3.41. The molecule has 0 spiro atoms. The van der Waals surface area contributed by atoms with Crippen molar-refractivity contribution in [3.05, 3.63) is 40.9 Å². The summed E-state index contributed by atoms with van der Waals surface area (Å²) in [5.41, 5.74) is 7.06. The minimum atomic E-state index is -1.15. The molecule has 0 fully saturated rings. The second-order valence-corrected chi connectivity index (χ2v) is 5.85. The molecule has 8 heteroatoms. The Morgan fingerprint density at radius 1 is 1.29 bits per heavy atom. The van der Waals surface area contributed by atoms with E-state index in [1.54, 1.807) is 5.38 Å². The third-order valence-corrected chi connectivity index (χ3v) is 4.11. The van der Waals surface area contributed by atoms with Crippen molar-refractivity contribution in [1.82, 2.24) is 10.3 Å². The molecule has 0 unspecified atom stereocenters. The molecule has 0 aliphatic rings. The van der Waals surface area contributed by atoms with Crippen LogP contribution in [-0.2, 0) is 16.0 Å². The Morgan fingerprint density at radius 2 is 1.96 bits per heavy atom. The smallest absolute Gasteiger partial charge is 0.358 e. The second-order valence-electron chi connectivity index (χ2n) is 4.99. The first-order valence-electron chi connectivity index (χ1n) is 7.26. The molecule has 0 bridgehead atoms. The van der Waals surface area contributed by atoms with Crippen molar-refractivity contribution in [3.63, 3.8) is 0 Å². The van der Waals surface area contributed by atoms with Gasteiger partial charge in [0.2, 0.25) is 0 Å². The molecule has 1 heterocycles. The number of hydrogen-bond donors (Lipinski definition) is 2. The predicted molar refractivity (Wildman–Crippen MR) is 89.5 cm³/mol. The number of aromatic nitrogens is 1. The van der Waals surface area contributed by atoms with E-state index in [4.69, 9.17) is 10.5 Å². The first-order valence-corrected chi connectivity index (χ1v) is 8.14. The van der Waals surface area contributed by atoms with Crippen molar-refractivity contribution in [2.75, 3.05) is 0 Å². The second kappa shape index (κ2) is 7.69. The highest BCUT2D eigenvalue weighted by atomic mass is 32.1. The molecule has 3 N–H and O–H groups in total. The zero-order valence-electron chi connectivity index (χ0n) is 13.2. The van der Waals surface area contributed by atoms with Crippen LogP contribution in [0.2, 0.25) is 0 Å². The van der Waals surface area contributed by atoms with Gasteiger partial charge in [-0.05, 0) is 18.9 Å². The molecule has 2 rings (SSSR count). The number of carbonyl (C=O) groups is 3. The summed E-state index contributed by atoms with van der Waals surface area (Å²) in [7, 11) is 0. The van der Waals surface area contributed by atoms with E-state index in [0.717, 1.165) is 12.0 Å². The summed E-state index contributed by atoms with van der Waals surface area (Å²) in [6, 6.07) is 6.89. The molecule has 3 amide bonds. The highest BCUT2D eigenvalue weighted by molar-refractivity contribution is 7.13. The van der Waals surface area contributed by atoms with Crippen LogP contribution in [-0.4, -0.2) is 29.0 Å². The number of urea groups is 1. The summed E-state index contributed by atoms with van der Waals surface area (Å²) in [5.74, 6) is -1.53. The first kappa shape index (κ1) is 17.6. The number of nitrogens with two attached hydrogens (primary N) is 1. The number of esters is 1. The van der Waals surface area contributed by atoms with E-state index in [1.807, 2.05) is 29.6 Å². The minimum Gasteiger partial charge on any atom is -0.448 e. The number of hydrogen-bond acceptors (Lipinski definition) is 6. The summed E-state index contributed by atoms with van der Waals surface area (Å²) >= 11 is 1.30. The van der Waals surface area contributed by atoms with E-state index in [9.17, 15) is 14.4 Å². The van der Waals surface area contributed by atoms with Gasteiger partial charge in [0.1, 0.15) is 5.01 Å². The molecule has 126 valence electrons. The SMILES string of the molecule is CCc1ccc(-c2nc(C(=O)O[C@H](C)C(=O)NC(N)=O)cs2)cc1. The number of nitrogens with one attached hydrogen (secondary N) is 1. The van der Waals surface area contributed by atoms with Crippen LogP contribution >= 0.6 is 11.3 Å². The van der Waals surface area contributed by atoms with Gasteiger partial charge in [0, 0.05) is 10.9 Å². The van der Waals surface area contributed by atoms with Gasteiger partial charge >= 0.3 is 12.0 Å². The Morgan fingerprint density at radius 3 is 2.54 bits per heavy atom. The predicted octanol–water partition coefficient (Wildman–Crippen LogP) is 2.11. The number of nitrogens with zero attached hydrogens (tertiary/aromatic N) is 1. The van der Waals surface area contributed by atoms with Gasteiger partial charge < -0.3 is 10.5 Å². The highest BCUT2D eigenvalue weighted by Gasteiger charge is 2.21. The summed E-state index contributed by atoms with van der Waals surface area (Å²) in [6.07, 6.45) is -0.208. The Balaban J connectivity index is 2.05. The van der Waals surface area contributed by atoms with Crippen molar-refractivity contribution >= 4 is 29.2 Å².